The van der Waals surface area contributed by atoms with Gasteiger partial charge in [0.25, 0.3) is 0 Å². The Morgan fingerprint density at radius 1 is 1.50 bits per heavy atom. The molecular formula is C11H17N. The lowest BCUT2D eigenvalue weighted by molar-refractivity contribution is 0.200. The van der Waals surface area contributed by atoms with Crippen LogP contribution < -0.4 is 0 Å². The van der Waals surface area contributed by atoms with Crippen molar-refractivity contribution in [2.24, 2.45) is 0 Å². The van der Waals surface area contributed by atoms with Crippen LogP contribution in [0.5, 0.6) is 0 Å². The summed E-state index contributed by atoms with van der Waals surface area (Å²) in [7, 11) is 0. The van der Waals surface area contributed by atoms with E-state index in [-0.39, 0.29) is 0 Å². The zero-order chi connectivity index (χ0) is 8.81. The average molecular weight is 163 g/mol. The summed E-state index contributed by atoms with van der Waals surface area (Å²) < 4.78 is 0. The Morgan fingerprint density at radius 3 is 2.67 bits per heavy atom. The first-order valence-electron chi connectivity index (χ1n) is 4.53. The topological polar surface area (TPSA) is 3.24 Å². The Hall–Kier alpha value is -0.820. The Morgan fingerprint density at radius 2 is 2.25 bits per heavy atom. The molecule has 0 spiro atoms. The molecule has 0 aromatic carbocycles. The highest BCUT2D eigenvalue weighted by Gasteiger charge is 2.13. The molecule has 0 aliphatic carbocycles. The summed E-state index contributed by atoms with van der Waals surface area (Å²) in [5, 5.41) is 0. The summed E-state index contributed by atoms with van der Waals surface area (Å²) in [6.45, 7) is 9.36. The van der Waals surface area contributed by atoms with Crippen LogP contribution in [0.15, 0.2) is 36.5 Å². The van der Waals surface area contributed by atoms with E-state index in [0.29, 0.717) is 0 Å². The van der Waals surface area contributed by atoms with Crippen LogP contribution in [0, 0.1) is 0 Å². The maximum Gasteiger partial charge on any atom is 0.0230 e. The van der Waals surface area contributed by atoms with Gasteiger partial charge < -0.3 is 0 Å². The fourth-order valence-corrected chi connectivity index (χ4v) is 1.23. The molecule has 0 saturated carbocycles. The van der Waals surface area contributed by atoms with Crippen molar-refractivity contribution in [1.29, 1.82) is 0 Å². The minimum absolute atomic E-state index is 1.10. The molecule has 0 aromatic rings. The summed E-state index contributed by atoms with van der Waals surface area (Å²) in [6, 6.07) is 0. The van der Waals surface area contributed by atoms with Crippen molar-refractivity contribution >= 4 is 0 Å². The largest absolute Gasteiger partial charge is 0.299 e. The Bertz CT molecular complexity index is 197. The van der Waals surface area contributed by atoms with Crippen LogP contribution in [0.3, 0.4) is 0 Å². The first kappa shape index (κ1) is 9.27. The summed E-state index contributed by atoms with van der Waals surface area (Å²) in [5.41, 5.74) is 1.38. The number of allylic oxidation sites excluding steroid dienone is 3. The van der Waals surface area contributed by atoms with E-state index < -0.39 is 0 Å². The Kier molecular flexibility index (Phi) is 3.81. The quantitative estimate of drug-likeness (QED) is 0.575. The first-order chi connectivity index (χ1) is 5.86. The molecule has 1 aliphatic heterocycles. The van der Waals surface area contributed by atoms with E-state index in [4.69, 9.17) is 0 Å². The average Bonchev–Trinajstić information content (AvgIpc) is 2.02. The van der Waals surface area contributed by atoms with E-state index in [1.165, 1.54) is 25.1 Å². The molecular weight excluding hydrogens is 146 g/mol. The van der Waals surface area contributed by atoms with E-state index in [1.54, 1.807) is 0 Å². The van der Waals surface area contributed by atoms with Gasteiger partial charge in [-0.15, -0.1) is 0 Å². The lowest BCUT2D eigenvalue weighted by Crippen LogP contribution is -2.38. The van der Waals surface area contributed by atoms with E-state index in [9.17, 15) is 0 Å². The molecule has 0 unspecified atom stereocenters. The van der Waals surface area contributed by atoms with Crippen molar-refractivity contribution in [2.45, 2.75) is 13.3 Å². The van der Waals surface area contributed by atoms with E-state index in [1.807, 2.05) is 12.2 Å². The smallest absolute Gasteiger partial charge is 0.0230 e. The molecule has 1 heterocycles. The molecule has 12 heavy (non-hydrogen) atoms. The third-order valence-electron chi connectivity index (χ3n) is 2.17. The monoisotopic (exact) mass is 163 g/mol. The van der Waals surface area contributed by atoms with Gasteiger partial charge in [0, 0.05) is 6.54 Å². The van der Waals surface area contributed by atoms with Crippen molar-refractivity contribution in [1.82, 2.24) is 4.90 Å². The SMILES string of the molecule is C=C/C=C\C(=C/C)CN1CCC1. The zero-order valence-corrected chi connectivity index (χ0v) is 7.79. The van der Waals surface area contributed by atoms with Crippen LogP contribution in [-0.2, 0) is 0 Å². The van der Waals surface area contributed by atoms with Gasteiger partial charge in [-0.2, -0.15) is 0 Å². The molecule has 0 amide bonds. The summed E-state index contributed by atoms with van der Waals surface area (Å²) >= 11 is 0. The van der Waals surface area contributed by atoms with Gasteiger partial charge in [-0.3, -0.25) is 4.90 Å². The second-order valence-corrected chi connectivity index (χ2v) is 3.09. The van der Waals surface area contributed by atoms with Crippen molar-refractivity contribution in [3.63, 3.8) is 0 Å². The van der Waals surface area contributed by atoms with Crippen LogP contribution in [-0.4, -0.2) is 24.5 Å². The second kappa shape index (κ2) is 4.94. The molecule has 1 nitrogen and oxygen atoms in total. The standard InChI is InChI=1S/C11H17N/c1-3-5-7-11(4-2)10-12-8-6-9-12/h3-5,7H,1,6,8-10H2,2H3/b7-5-,11-4+. The number of rotatable bonds is 4. The van der Waals surface area contributed by atoms with Gasteiger partial charge in [0.15, 0.2) is 0 Å². The van der Waals surface area contributed by atoms with E-state index in [0.717, 1.165) is 6.54 Å². The van der Waals surface area contributed by atoms with E-state index in [2.05, 4.69) is 30.6 Å². The van der Waals surface area contributed by atoms with Gasteiger partial charge in [0.2, 0.25) is 0 Å². The van der Waals surface area contributed by atoms with Crippen molar-refractivity contribution < 1.29 is 0 Å². The molecule has 1 saturated heterocycles. The van der Waals surface area contributed by atoms with Crippen LogP contribution in [0.2, 0.25) is 0 Å². The number of hydrogen-bond donors (Lipinski definition) is 0. The zero-order valence-electron chi connectivity index (χ0n) is 7.79. The maximum atomic E-state index is 3.65. The second-order valence-electron chi connectivity index (χ2n) is 3.09. The number of likely N-dealkylation sites (tertiary alicyclic amines) is 1. The molecule has 1 aliphatic rings. The molecule has 1 heteroatoms. The van der Waals surface area contributed by atoms with Crippen molar-refractivity contribution in [3.05, 3.63) is 36.5 Å². The normalized spacial score (nSPS) is 19.6. The number of hydrogen-bond acceptors (Lipinski definition) is 1. The summed E-state index contributed by atoms with van der Waals surface area (Å²) in [6.07, 6.45) is 9.47. The highest BCUT2D eigenvalue weighted by Crippen LogP contribution is 2.09. The molecule has 0 aromatic heterocycles. The third kappa shape index (κ3) is 2.67. The lowest BCUT2D eigenvalue weighted by Gasteiger charge is -2.30. The fraction of sp³-hybridized carbons (Fsp3) is 0.455. The van der Waals surface area contributed by atoms with Gasteiger partial charge in [-0.1, -0.05) is 30.9 Å². The lowest BCUT2D eigenvalue weighted by atomic mass is 10.1. The summed E-state index contributed by atoms with van der Waals surface area (Å²) in [5.74, 6) is 0. The highest BCUT2D eigenvalue weighted by atomic mass is 15.2. The Balaban J connectivity index is 2.34. The van der Waals surface area contributed by atoms with Gasteiger partial charge >= 0.3 is 0 Å². The highest BCUT2D eigenvalue weighted by molar-refractivity contribution is 5.22. The van der Waals surface area contributed by atoms with Crippen LogP contribution in [0.1, 0.15) is 13.3 Å². The third-order valence-corrected chi connectivity index (χ3v) is 2.17. The molecule has 0 bridgehead atoms. The molecule has 0 atom stereocenters. The predicted molar refractivity (Wildman–Crippen MR) is 54.2 cm³/mol. The van der Waals surface area contributed by atoms with Gasteiger partial charge in [-0.25, -0.2) is 0 Å². The van der Waals surface area contributed by atoms with Gasteiger partial charge in [-0.05, 0) is 32.0 Å². The minimum Gasteiger partial charge on any atom is -0.299 e. The predicted octanol–water partition coefficient (Wildman–Crippen LogP) is 2.38. The Labute approximate surface area is 75.1 Å². The van der Waals surface area contributed by atoms with Crippen molar-refractivity contribution in [2.75, 3.05) is 19.6 Å². The molecule has 0 radical (unpaired) electrons. The molecule has 1 fully saturated rings. The fourth-order valence-electron chi connectivity index (χ4n) is 1.23. The van der Waals surface area contributed by atoms with Crippen molar-refractivity contribution in [3.8, 4) is 0 Å². The first-order valence-corrected chi connectivity index (χ1v) is 4.53. The number of nitrogens with zero attached hydrogens (tertiary/aromatic N) is 1. The van der Waals surface area contributed by atoms with E-state index >= 15 is 0 Å². The van der Waals surface area contributed by atoms with Crippen LogP contribution in [0.25, 0.3) is 0 Å². The van der Waals surface area contributed by atoms with Gasteiger partial charge in [0.1, 0.15) is 0 Å². The van der Waals surface area contributed by atoms with Crippen LogP contribution in [0.4, 0.5) is 0 Å². The van der Waals surface area contributed by atoms with Gasteiger partial charge in [0.05, 0.1) is 0 Å². The minimum atomic E-state index is 1.10. The molecule has 66 valence electrons. The van der Waals surface area contributed by atoms with Crippen LogP contribution >= 0.6 is 0 Å². The molecule has 0 N–H and O–H groups in total. The maximum absolute atomic E-state index is 3.65. The summed E-state index contributed by atoms with van der Waals surface area (Å²) in [4.78, 5) is 2.45. The molecule has 1 rings (SSSR count).